The first-order valence-corrected chi connectivity index (χ1v) is 10.2. The number of ether oxygens (including phenoxy) is 2. The number of fused-ring (bicyclic) bond motifs is 1. The Labute approximate surface area is 191 Å². The predicted molar refractivity (Wildman–Crippen MR) is 115 cm³/mol. The summed E-state index contributed by atoms with van der Waals surface area (Å²) >= 11 is 0. The number of nitrogens with one attached hydrogen (secondary N) is 2. The third kappa shape index (κ3) is 5.22. The number of halogens is 5. The number of hydrogen-bond donors (Lipinski definition) is 2. The zero-order chi connectivity index (χ0) is 24.5. The van der Waals surface area contributed by atoms with Crippen molar-refractivity contribution >= 4 is 17.3 Å². The molecule has 1 heterocycles. The summed E-state index contributed by atoms with van der Waals surface area (Å²) in [6, 6.07) is 13.8. The van der Waals surface area contributed by atoms with E-state index in [1.165, 1.54) is 18.2 Å². The number of rotatable bonds is 6. The summed E-state index contributed by atoms with van der Waals surface area (Å²) in [4.78, 5) is 12.6. The minimum atomic E-state index is -4.52. The summed E-state index contributed by atoms with van der Waals surface area (Å²) < 4.78 is 74.5. The number of anilines is 2. The second-order valence-corrected chi connectivity index (χ2v) is 7.65. The number of alkyl halides is 5. The van der Waals surface area contributed by atoms with Crippen LogP contribution in [0, 0.1) is 6.92 Å². The smallest absolute Gasteiger partial charge is 0.395 e. The van der Waals surface area contributed by atoms with Crippen LogP contribution in [0.4, 0.5) is 33.3 Å². The third-order valence-corrected chi connectivity index (χ3v) is 5.17. The molecule has 5 nitrogen and oxygen atoms in total. The molecular formula is C24H19F5N2O3. The normalized spacial score (nSPS) is 14.1. The molecule has 0 saturated heterocycles. The first-order chi connectivity index (χ1) is 16.0. The van der Waals surface area contributed by atoms with Gasteiger partial charge in [-0.2, -0.15) is 13.2 Å². The molecule has 0 unspecified atom stereocenters. The first kappa shape index (κ1) is 23.3. The Kier molecular flexibility index (Phi) is 6.07. The van der Waals surface area contributed by atoms with E-state index in [9.17, 15) is 26.7 Å². The molecule has 178 valence electrons. The van der Waals surface area contributed by atoms with Crippen LogP contribution in [0.5, 0.6) is 11.5 Å². The molecule has 0 aliphatic carbocycles. The van der Waals surface area contributed by atoms with E-state index in [0.717, 1.165) is 17.7 Å². The fourth-order valence-corrected chi connectivity index (χ4v) is 3.48. The molecule has 0 aromatic heterocycles. The monoisotopic (exact) mass is 478 g/mol. The van der Waals surface area contributed by atoms with Crippen molar-refractivity contribution in [1.29, 1.82) is 0 Å². The highest BCUT2D eigenvalue weighted by Crippen LogP contribution is 2.43. The molecule has 2 N–H and O–H groups in total. The van der Waals surface area contributed by atoms with Gasteiger partial charge in [-0.1, -0.05) is 24.3 Å². The van der Waals surface area contributed by atoms with E-state index in [-0.39, 0.29) is 22.7 Å². The van der Waals surface area contributed by atoms with Crippen molar-refractivity contribution < 1.29 is 36.2 Å². The Bertz CT molecular complexity index is 1230. The van der Waals surface area contributed by atoms with Gasteiger partial charge in [0.2, 0.25) is 0 Å². The Balaban J connectivity index is 1.42. The van der Waals surface area contributed by atoms with Crippen LogP contribution < -0.4 is 20.1 Å². The number of hydrogen-bond acceptors (Lipinski definition) is 4. The largest absolute Gasteiger partial charge is 0.586 e. The summed E-state index contributed by atoms with van der Waals surface area (Å²) in [6.45, 7) is 2.15. The summed E-state index contributed by atoms with van der Waals surface area (Å²) in [5, 5.41) is 5.62. The van der Waals surface area contributed by atoms with E-state index in [4.69, 9.17) is 0 Å². The van der Waals surface area contributed by atoms with E-state index in [0.29, 0.717) is 24.2 Å². The molecule has 1 aliphatic rings. The Morgan fingerprint density at radius 2 is 1.76 bits per heavy atom. The van der Waals surface area contributed by atoms with Crippen molar-refractivity contribution in [3.63, 3.8) is 0 Å². The van der Waals surface area contributed by atoms with Gasteiger partial charge >= 0.3 is 12.5 Å². The molecule has 34 heavy (non-hydrogen) atoms. The van der Waals surface area contributed by atoms with Gasteiger partial charge in [-0.15, -0.1) is 8.78 Å². The van der Waals surface area contributed by atoms with E-state index in [2.05, 4.69) is 20.1 Å². The average molecular weight is 478 g/mol. The molecule has 0 bridgehead atoms. The number of carbonyl (C=O) groups excluding carboxylic acids is 1. The molecule has 1 amide bonds. The second-order valence-electron chi connectivity index (χ2n) is 7.65. The van der Waals surface area contributed by atoms with Crippen LogP contribution in [-0.4, -0.2) is 18.7 Å². The zero-order valence-corrected chi connectivity index (χ0v) is 17.8. The van der Waals surface area contributed by atoms with Gasteiger partial charge in [-0.3, -0.25) is 4.79 Å². The standard InChI is InChI=1S/C24H19F5N2O3/c1-14-8-9-16(22(32)31-18-6-3-5-17(13-18)23(25,26)27)12-19(14)30-11-10-15-4-2-7-20-21(15)34-24(28,29)33-20/h2-9,12-13,30H,10-11H2,1H3,(H,31,32). The molecule has 0 atom stereocenters. The average Bonchev–Trinajstić information content (AvgIpc) is 3.09. The quantitative estimate of drug-likeness (QED) is 0.412. The molecule has 10 heteroatoms. The Hall–Kier alpha value is -3.82. The molecule has 0 fully saturated rings. The minimum Gasteiger partial charge on any atom is -0.395 e. The van der Waals surface area contributed by atoms with Gasteiger partial charge in [0, 0.05) is 29.0 Å². The minimum absolute atomic E-state index is 0.0137. The summed E-state index contributed by atoms with van der Waals surface area (Å²) in [5.41, 5.74) is 1.36. The van der Waals surface area contributed by atoms with Gasteiger partial charge in [0.25, 0.3) is 5.91 Å². The molecule has 0 radical (unpaired) electrons. The fraction of sp³-hybridized carbons (Fsp3) is 0.208. The van der Waals surface area contributed by atoms with Gasteiger partial charge in [0.05, 0.1) is 5.56 Å². The lowest BCUT2D eigenvalue weighted by atomic mass is 10.1. The van der Waals surface area contributed by atoms with Crippen LogP contribution in [0.15, 0.2) is 60.7 Å². The van der Waals surface area contributed by atoms with E-state index < -0.39 is 23.9 Å². The van der Waals surface area contributed by atoms with Crippen LogP contribution in [0.25, 0.3) is 0 Å². The van der Waals surface area contributed by atoms with Crippen LogP contribution in [-0.2, 0) is 12.6 Å². The molecule has 0 spiro atoms. The fourth-order valence-electron chi connectivity index (χ4n) is 3.48. The lowest BCUT2D eigenvalue weighted by Crippen LogP contribution is -2.26. The Morgan fingerprint density at radius 1 is 1.00 bits per heavy atom. The van der Waals surface area contributed by atoms with Gasteiger partial charge in [0.15, 0.2) is 11.5 Å². The molecular weight excluding hydrogens is 459 g/mol. The molecule has 0 saturated carbocycles. The van der Waals surface area contributed by atoms with Gasteiger partial charge in [-0.05, 0) is 55.3 Å². The van der Waals surface area contributed by atoms with Crippen molar-refractivity contribution in [3.05, 3.63) is 82.9 Å². The van der Waals surface area contributed by atoms with Crippen molar-refractivity contribution in [3.8, 4) is 11.5 Å². The van der Waals surface area contributed by atoms with Crippen molar-refractivity contribution in [1.82, 2.24) is 0 Å². The highest BCUT2D eigenvalue weighted by Gasteiger charge is 2.44. The maximum absolute atomic E-state index is 13.4. The molecule has 4 rings (SSSR count). The number of carbonyl (C=O) groups is 1. The number of benzene rings is 3. The van der Waals surface area contributed by atoms with Gasteiger partial charge in [-0.25, -0.2) is 0 Å². The lowest BCUT2D eigenvalue weighted by Gasteiger charge is -2.13. The lowest BCUT2D eigenvalue weighted by molar-refractivity contribution is -0.286. The number of para-hydroxylation sites is 1. The van der Waals surface area contributed by atoms with Crippen LogP contribution in [0.3, 0.4) is 0 Å². The summed E-state index contributed by atoms with van der Waals surface area (Å²) in [7, 11) is 0. The van der Waals surface area contributed by atoms with Gasteiger partial charge < -0.3 is 20.1 Å². The molecule has 1 aliphatic heterocycles. The molecule has 3 aromatic carbocycles. The topological polar surface area (TPSA) is 59.6 Å². The highest BCUT2D eigenvalue weighted by molar-refractivity contribution is 6.05. The third-order valence-electron chi connectivity index (χ3n) is 5.17. The Morgan fingerprint density at radius 3 is 2.53 bits per heavy atom. The highest BCUT2D eigenvalue weighted by atomic mass is 19.4. The van der Waals surface area contributed by atoms with Crippen LogP contribution in [0.2, 0.25) is 0 Å². The SMILES string of the molecule is Cc1ccc(C(=O)Nc2cccc(C(F)(F)F)c2)cc1NCCc1cccc2c1OC(F)(F)O2. The molecule has 3 aromatic rings. The van der Waals surface area contributed by atoms with Crippen LogP contribution >= 0.6 is 0 Å². The van der Waals surface area contributed by atoms with Gasteiger partial charge in [0.1, 0.15) is 0 Å². The maximum Gasteiger partial charge on any atom is 0.586 e. The summed E-state index contributed by atoms with van der Waals surface area (Å²) in [6.07, 6.45) is -7.89. The van der Waals surface area contributed by atoms with E-state index >= 15 is 0 Å². The van der Waals surface area contributed by atoms with Crippen LogP contribution in [0.1, 0.15) is 27.0 Å². The maximum atomic E-state index is 13.4. The number of amides is 1. The van der Waals surface area contributed by atoms with Crippen molar-refractivity contribution in [2.24, 2.45) is 0 Å². The van der Waals surface area contributed by atoms with Crippen molar-refractivity contribution in [2.75, 3.05) is 17.2 Å². The summed E-state index contributed by atoms with van der Waals surface area (Å²) in [5.74, 6) is -0.622. The van der Waals surface area contributed by atoms with E-state index in [1.54, 1.807) is 30.3 Å². The zero-order valence-electron chi connectivity index (χ0n) is 17.8. The predicted octanol–water partition coefficient (Wildman–Crippen LogP) is 6.24. The van der Waals surface area contributed by atoms with Crippen molar-refractivity contribution in [2.45, 2.75) is 25.8 Å². The first-order valence-electron chi connectivity index (χ1n) is 10.2. The van der Waals surface area contributed by atoms with E-state index in [1.807, 2.05) is 6.92 Å². The second kappa shape index (κ2) is 8.85. The number of aryl methyl sites for hydroxylation is 1.